The van der Waals surface area contributed by atoms with E-state index in [-0.39, 0.29) is 12.0 Å². The number of amides is 1. The van der Waals surface area contributed by atoms with Gasteiger partial charge < -0.3 is 15.3 Å². The van der Waals surface area contributed by atoms with Crippen molar-refractivity contribution in [3.05, 3.63) is 0 Å². The second kappa shape index (κ2) is 7.99. The molecule has 1 aliphatic carbocycles. The first-order chi connectivity index (χ1) is 9.65. The molecule has 4 nitrogen and oxygen atoms in total. The highest BCUT2D eigenvalue weighted by atomic mass is 16.3. The van der Waals surface area contributed by atoms with E-state index in [2.05, 4.69) is 10.2 Å². The molecule has 1 saturated carbocycles. The van der Waals surface area contributed by atoms with Crippen LogP contribution in [0.4, 0.5) is 0 Å². The van der Waals surface area contributed by atoms with Gasteiger partial charge in [-0.25, -0.2) is 0 Å². The summed E-state index contributed by atoms with van der Waals surface area (Å²) in [7, 11) is 0. The lowest BCUT2D eigenvalue weighted by Gasteiger charge is -2.22. The number of likely N-dealkylation sites (tertiary alicyclic amines) is 1. The Morgan fingerprint density at radius 1 is 1.30 bits per heavy atom. The molecule has 116 valence electrons. The van der Waals surface area contributed by atoms with Gasteiger partial charge in [-0.05, 0) is 44.6 Å². The number of rotatable bonds is 6. The molecule has 2 atom stereocenters. The second-order valence-corrected chi connectivity index (χ2v) is 6.65. The van der Waals surface area contributed by atoms with E-state index in [4.69, 9.17) is 0 Å². The fraction of sp³-hybridized carbons (Fsp3) is 0.938. The summed E-state index contributed by atoms with van der Waals surface area (Å²) in [6.45, 7) is 5.53. The van der Waals surface area contributed by atoms with Crippen LogP contribution in [0.25, 0.3) is 0 Å². The summed E-state index contributed by atoms with van der Waals surface area (Å²) in [5.74, 6) is 1.29. The van der Waals surface area contributed by atoms with Gasteiger partial charge in [0.2, 0.25) is 5.91 Å². The molecule has 20 heavy (non-hydrogen) atoms. The van der Waals surface area contributed by atoms with E-state index in [0.29, 0.717) is 18.3 Å². The summed E-state index contributed by atoms with van der Waals surface area (Å²) in [4.78, 5) is 14.2. The molecule has 2 unspecified atom stereocenters. The van der Waals surface area contributed by atoms with Gasteiger partial charge in [0.05, 0.1) is 6.10 Å². The molecular formula is C16H30N2O2. The van der Waals surface area contributed by atoms with Gasteiger partial charge in [0.25, 0.3) is 0 Å². The molecule has 0 bridgehead atoms. The van der Waals surface area contributed by atoms with Gasteiger partial charge in [-0.3, -0.25) is 4.79 Å². The van der Waals surface area contributed by atoms with Crippen LogP contribution in [0.1, 0.15) is 51.9 Å². The van der Waals surface area contributed by atoms with Crippen molar-refractivity contribution in [3.8, 4) is 0 Å². The highest BCUT2D eigenvalue weighted by molar-refractivity contribution is 5.76. The van der Waals surface area contributed by atoms with Crippen LogP contribution in [-0.2, 0) is 4.79 Å². The number of hydrogen-bond donors (Lipinski definition) is 2. The fourth-order valence-corrected chi connectivity index (χ4v) is 3.46. The fourth-order valence-electron chi connectivity index (χ4n) is 3.46. The minimum Gasteiger partial charge on any atom is -0.393 e. The average Bonchev–Trinajstić information content (AvgIpc) is 2.93. The van der Waals surface area contributed by atoms with Gasteiger partial charge in [0, 0.05) is 26.1 Å². The molecule has 4 heteroatoms. The van der Waals surface area contributed by atoms with Crippen molar-refractivity contribution in [1.82, 2.24) is 10.2 Å². The Labute approximate surface area is 122 Å². The van der Waals surface area contributed by atoms with Crippen LogP contribution in [0.3, 0.4) is 0 Å². The molecule has 0 aromatic carbocycles. The Kier molecular flexibility index (Phi) is 6.30. The number of nitrogens with zero attached hydrogens (tertiary/aromatic N) is 1. The third-order valence-corrected chi connectivity index (χ3v) is 4.96. The van der Waals surface area contributed by atoms with Crippen molar-refractivity contribution in [2.45, 2.75) is 58.0 Å². The monoisotopic (exact) mass is 282 g/mol. The smallest absolute Gasteiger partial charge is 0.221 e. The zero-order chi connectivity index (χ0) is 14.4. The Balaban J connectivity index is 1.56. The summed E-state index contributed by atoms with van der Waals surface area (Å²) >= 11 is 0. The summed E-state index contributed by atoms with van der Waals surface area (Å²) in [6.07, 6.45) is 8.01. The molecule has 2 N–H and O–H groups in total. The van der Waals surface area contributed by atoms with Gasteiger partial charge in [0.15, 0.2) is 0 Å². The van der Waals surface area contributed by atoms with Crippen molar-refractivity contribution >= 4 is 5.91 Å². The topological polar surface area (TPSA) is 52.6 Å². The standard InChI is InChI=1S/C16H30N2O2/c1-13(19)15-7-9-18(12-15)10-8-16(20)17-11-14-5-3-2-4-6-14/h13-15,19H,2-12H2,1H3,(H,17,20). The minimum absolute atomic E-state index is 0.191. The van der Waals surface area contributed by atoms with E-state index >= 15 is 0 Å². The Bertz CT molecular complexity index is 301. The van der Waals surface area contributed by atoms with Crippen LogP contribution in [0.2, 0.25) is 0 Å². The van der Waals surface area contributed by atoms with Crippen molar-refractivity contribution < 1.29 is 9.90 Å². The first-order valence-corrected chi connectivity index (χ1v) is 8.32. The number of carbonyl (C=O) groups is 1. The molecule has 0 aromatic heterocycles. The van der Waals surface area contributed by atoms with Crippen LogP contribution < -0.4 is 5.32 Å². The number of hydrogen-bond acceptors (Lipinski definition) is 3. The molecule has 2 aliphatic rings. The molecule has 1 aliphatic heterocycles. The Morgan fingerprint density at radius 2 is 2.05 bits per heavy atom. The molecule has 1 saturated heterocycles. The normalized spacial score (nSPS) is 26.6. The van der Waals surface area contributed by atoms with Crippen LogP contribution in [0.5, 0.6) is 0 Å². The van der Waals surface area contributed by atoms with E-state index in [9.17, 15) is 9.90 Å². The molecule has 2 fully saturated rings. The summed E-state index contributed by atoms with van der Waals surface area (Å²) < 4.78 is 0. The van der Waals surface area contributed by atoms with E-state index < -0.39 is 0 Å². The maximum absolute atomic E-state index is 11.9. The number of aliphatic hydroxyl groups is 1. The molecule has 0 aromatic rings. The zero-order valence-corrected chi connectivity index (χ0v) is 12.8. The van der Waals surface area contributed by atoms with Gasteiger partial charge in [-0.15, -0.1) is 0 Å². The lowest BCUT2D eigenvalue weighted by Crippen LogP contribution is -2.33. The Hall–Kier alpha value is -0.610. The summed E-state index contributed by atoms with van der Waals surface area (Å²) in [5, 5.41) is 12.7. The summed E-state index contributed by atoms with van der Waals surface area (Å²) in [6, 6.07) is 0. The molecule has 2 rings (SSSR count). The summed E-state index contributed by atoms with van der Waals surface area (Å²) in [5.41, 5.74) is 0. The third kappa shape index (κ3) is 5.06. The lowest BCUT2D eigenvalue weighted by atomic mass is 9.89. The molecule has 1 amide bonds. The average molecular weight is 282 g/mol. The maximum atomic E-state index is 11.9. The van der Waals surface area contributed by atoms with Crippen molar-refractivity contribution in [2.75, 3.05) is 26.2 Å². The van der Waals surface area contributed by atoms with E-state index in [1.165, 1.54) is 32.1 Å². The highest BCUT2D eigenvalue weighted by Gasteiger charge is 2.25. The first-order valence-electron chi connectivity index (χ1n) is 8.32. The molecule has 0 spiro atoms. The molecular weight excluding hydrogens is 252 g/mol. The van der Waals surface area contributed by atoms with Crippen molar-refractivity contribution in [1.29, 1.82) is 0 Å². The number of carbonyl (C=O) groups excluding carboxylic acids is 1. The zero-order valence-electron chi connectivity index (χ0n) is 12.8. The van der Waals surface area contributed by atoms with Gasteiger partial charge >= 0.3 is 0 Å². The SMILES string of the molecule is CC(O)C1CCN(CCC(=O)NCC2CCCCC2)C1. The maximum Gasteiger partial charge on any atom is 0.221 e. The van der Waals surface area contributed by atoms with E-state index in [1.807, 2.05) is 6.92 Å². The van der Waals surface area contributed by atoms with Crippen LogP contribution in [0.15, 0.2) is 0 Å². The quantitative estimate of drug-likeness (QED) is 0.781. The van der Waals surface area contributed by atoms with Crippen molar-refractivity contribution in [3.63, 3.8) is 0 Å². The highest BCUT2D eigenvalue weighted by Crippen LogP contribution is 2.23. The van der Waals surface area contributed by atoms with E-state index in [0.717, 1.165) is 32.6 Å². The second-order valence-electron chi connectivity index (χ2n) is 6.65. The predicted molar refractivity (Wildman–Crippen MR) is 80.4 cm³/mol. The lowest BCUT2D eigenvalue weighted by molar-refractivity contribution is -0.121. The van der Waals surface area contributed by atoms with Crippen LogP contribution >= 0.6 is 0 Å². The number of aliphatic hydroxyl groups excluding tert-OH is 1. The van der Waals surface area contributed by atoms with Gasteiger partial charge in [-0.2, -0.15) is 0 Å². The van der Waals surface area contributed by atoms with Gasteiger partial charge in [0.1, 0.15) is 0 Å². The largest absolute Gasteiger partial charge is 0.393 e. The predicted octanol–water partition coefficient (Wildman–Crippen LogP) is 1.78. The van der Waals surface area contributed by atoms with Crippen molar-refractivity contribution in [2.24, 2.45) is 11.8 Å². The molecule has 1 heterocycles. The third-order valence-electron chi connectivity index (χ3n) is 4.96. The van der Waals surface area contributed by atoms with Gasteiger partial charge in [-0.1, -0.05) is 19.3 Å². The van der Waals surface area contributed by atoms with Crippen LogP contribution in [0, 0.1) is 11.8 Å². The number of nitrogens with one attached hydrogen (secondary N) is 1. The minimum atomic E-state index is -0.222. The Morgan fingerprint density at radius 3 is 2.70 bits per heavy atom. The van der Waals surface area contributed by atoms with E-state index in [1.54, 1.807) is 0 Å². The van der Waals surface area contributed by atoms with Crippen LogP contribution in [-0.4, -0.2) is 48.2 Å². The first kappa shape index (κ1) is 15.8. The molecule has 0 radical (unpaired) electrons.